The molecule has 0 saturated carbocycles. The summed E-state index contributed by atoms with van der Waals surface area (Å²) in [4.78, 5) is 12.9. The summed E-state index contributed by atoms with van der Waals surface area (Å²) in [5.74, 6) is -0.934. The fourth-order valence-corrected chi connectivity index (χ4v) is 2.20. The zero-order valence-corrected chi connectivity index (χ0v) is 8.89. The lowest BCUT2D eigenvalue weighted by molar-refractivity contribution is -0.156. The van der Waals surface area contributed by atoms with Crippen molar-refractivity contribution in [3.8, 4) is 0 Å². The van der Waals surface area contributed by atoms with Crippen LogP contribution in [0, 0.1) is 0 Å². The zero-order chi connectivity index (χ0) is 10.8. The minimum atomic E-state index is -0.934. The van der Waals surface area contributed by atoms with Crippen molar-refractivity contribution in [2.75, 3.05) is 20.2 Å². The number of nitrogens with zero attached hydrogens (tertiary/aromatic N) is 1. The van der Waals surface area contributed by atoms with Gasteiger partial charge in [0.1, 0.15) is 0 Å². The highest BCUT2D eigenvalue weighted by Gasteiger charge is 2.38. The highest BCUT2D eigenvalue weighted by molar-refractivity contribution is 5.72. The summed E-state index contributed by atoms with van der Waals surface area (Å²) in [5, 5.41) is 8.78. The van der Waals surface area contributed by atoms with Gasteiger partial charge >= 0.3 is 5.97 Å². The Bertz CT molecular complexity index is 246. The van der Waals surface area contributed by atoms with E-state index in [0.717, 1.165) is 19.4 Å². The molecule has 0 aromatic heterocycles. The molecule has 2 heterocycles. The van der Waals surface area contributed by atoms with Gasteiger partial charge in [0.15, 0.2) is 12.4 Å². The van der Waals surface area contributed by atoms with E-state index in [9.17, 15) is 4.79 Å². The molecule has 3 unspecified atom stereocenters. The third-order valence-corrected chi connectivity index (χ3v) is 3.13. The summed E-state index contributed by atoms with van der Waals surface area (Å²) in [6, 6.07) is 0.211. The smallest absolute Gasteiger partial charge is 0.335 e. The standard InChI is InChI=1S/C10H17NO4/c1-11-5-3-2-4-7(11)10-14-6-8(15-10)9(12)13/h7-8,10H,2-6H2,1H3,(H,12,13). The Morgan fingerprint density at radius 3 is 2.87 bits per heavy atom. The SMILES string of the molecule is CN1CCCCC1C1OCC(C(=O)O)O1. The first-order valence-corrected chi connectivity index (χ1v) is 5.38. The highest BCUT2D eigenvalue weighted by Crippen LogP contribution is 2.25. The van der Waals surface area contributed by atoms with Gasteiger partial charge in [-0.15, -0.1) is 0 Å². The number of ether oxygens (including phenoxy) is 2. The minimum absolute atomic E-state index is 0.171. The second-order valence-electron chi connectivity index (χ2n) is 4.21. The Morgan fingerprint density at radius 1 is 1.47 bits per heavy atom. The van der Waals surface area contributed by atoms with E-state index in [1.54, 1.807) is 0 Å². The highest BCUT2D eigenvalue weighted by atomic mass is 16.7. The fraction of sp³-hybridized carbons (Fsp3) is 0.900. The quantitative estimate of drug-likeness (QED) is 0.717. The maximum atomic E-state index is 10.7. The molecule has 0 spiro atoms. The maximum absolute atomic E-state index is 10.7. The molecule has 0 aromatic rings. The molecule has 1 N–H and O–H groups in total. The van der Waals surface area contributed by atoms with E-state index in [0.29, 0.717) is 0 Å². The van der Waals surface area contributed by atoms with Gasteiger partial charge in [-0.25, -0.2) is 4.79 Å². The molecule has 5 heteroatoms. The summed E-state index contributed by atoms with van der Waals surface area (Å²) in [6.45, 7) is 1.20. The van der Waals surface area contributed by atoms with Crippen LogP contribution in [0.25, 0.3) is 0 Å². The normalized spacial score (nSPS) is 38.1. The van der Waals surface area contributed by atoms with Crippen LogP contribution >= 0.6 is 0 Å². The molecule has 2 fully saturated rings. The van der Waals surface area contributed by atoms with Gasteiger partial charge in [-0.1, -0.05) is 6.42 Å². The van der Waals surface area contributed by atoms with Gasteiger partial charge in [0.2, 0.25) is 0 Å². The number of hydrogen-bond donors (Lipinski definition) is 1. The lowest BCUT2D eigenvalue weighted by Gasteiger charge is -2.35. The van der Waals surface area contributed by atoms with Crippen LogP contribution in [-0.4, -0.2) is 54.6 Å². The van der Waals surface area contributed by atoms with Crippen LogP contribution in [-0.2, 0) is 14.3 Å². The number of carboxylic acid groups (broad SMARTS) is 1. The van der Waals surface area contributed by atoms with Gasteiger partial charge in [0, 0.05) is 0 Å². The van der Waals surface area contributed by atoms with Crippen molar-refractivity contribution in [3.63, 3.8) is 0 Å². The van der Waals surface area contributed by atoms with Crippen LogP contribution in [0.4, 0.5) is 0 Å². The number of rotatable bonds is 2. The molecule has 0 radical (unpaired) electrons. The first-order valence-electron chi connectivity index (χ1n) is 5.38. The van der Waals surface area contributed by atoms with Gasteiger partial charge in [-0.05, 0) is 26.4 Å². The Labute approximate surface area is 89.0 Å². The average molecular weight is 215 g/mol. The Morgan fingerprint density at radius 2 is 2.27 bits per heavy atom. The second kappa shape index (κ2) is 4.47. The third kappa shape index (κ3) is 2.30. The monoisotopic (exact) mass is 215 g/mol. The predicted octanol–water partition coefficient (Wildman–Crippen LogP) is 0.297. The number of likely N-dealkylation sites (N-methyl/N-ethyl adjacent to an activating group) is 1. The van der Waals surface area contributed by atoms with Crippen LogP contribution in [0.3, 0.4) is 0 Å². The molecule has 0 bridgehead atoms. The largest absolute Gasteiger partial charge is 0.479 e. The number of piperidine rings is 1. The van der Waals surface area contributed by atoms with Crippen molar-refractivity contribution in [1.82, 2.24) is 4.90 Å². The van der Waals surface area contributed by atoms with E-state index in [1.807, 2.05) is 7.05 Å². The topological polar surface area (TPSA) is 59.0 Å². The van der Waals surface area contributed by atoms with Crippen molar-refractivity contribution in [2.24, 2.45) is 0 Å². The number of aliphatic carboxylic acids is 1. The number of likely N-dealkylation sites (tertiary alicyclic amines) is 1. The number of carbonyl (C=O) groups is 1. The van der Waals surface area contributed by atoms with Crippen molar-refractivity contribution >= 4 is 5.97 Å². The van der Waals surface area contributed by atoms with Crippen LogP contribution in [0.15, 0.2) is 0 Å². The average Bonchev–Trinajstić information content (AvgIpc) is 2.67. The number of hydrogen-bond acceptors (Lipinski definition) is 4. The van der Waals surface area contributed by atoms with E-state index in [-0.39, 0.29) is 18.9 Å². The number of carboxylic acids is 1. The van der Waals surface area contributed by atoms with Gasteiger partial charge in [-0.3, -0.25) is 4.90 Å². The van der Waals surface area contributed by atoms with Crippen molar-refractivity contribution in [3.05, 3.63) is 0 Å². The lowest BCUT2D eigenvalue weighted by atomic mass is 10.0. The van der Waals surface area contributed by atoms with Crippen LogP contribution in [0.2, 0.25) is 0 Å². The molecule has 2 aliphatic heterocycles. The van der Waals surface area contributed by atoms with E-state index in [4.69, 9.17) is 14.6 Å². The summed E-state index contributed by atoms with van der Waals surface area (Å²) in [6.07, 6.45) is 2.23. The molecular formula is C10H17NO4. The molecule has 15 heavy (non-hydrogen) atoms. The van der Waals surface area contributed by atoms with Crippen LogP contribution in [0.1, 0.15) is 19.3 Å². The van der Waals surface area contributed by atoms with Gasteiger partial charge in [0.05, 0.1) is 12.6 Å². The molecule has 2 aliphatic rings. The molecule has 0 amide bonds. The molecule has 86 valence electrons. The second-order valence-corrected chi connectivity index (χ2v) is 4.21. The minimum Gasteiger partial charge on any atom is -0.479 e. The predicted molar refractivity (Wildman–Crippen MR) is 52.5 cm³/mol. The van der Waals surface area contributed by atoms with Crippen molar-refractivity contribution in [2.45, 2.75) is 37.7 Å². The molecule has 0 aromatic carbocycles. The van der Waals surface area contributed by atoms with Crippen molar-refractivity contribution in [1.29, 1.82) is 0 Å². The van der Waals surface area contributed by atoms with E-state index in [2.05, 4.69) is 4.90 Å². The third-order valence-electron chi connectivity index (χ3n) is 3.13. The van der Waals surface area contributed by atoms with E-state index in [1.165, 1.54) is 6.42 Å². The molecule has 5 nitrogen and oxygen atoms in total. The van der Waals surface area contributed by atoms with Gasteiger partial charge in [0.25, 0.3) is 0 Å². The summed E-state index contributed by atoms with van der Waals surface area (Å²) in [5.41, 5.74) is 0. The van der Waals surface area contributed by atoms with Gasteiger partial charge in [-0.2, -0.15) is 0 Å². The fourth-order valence-electron chi connectivity index (χ4n) is 2.20. The van der Waals surface area contributed by atoms with E-state index >= 15 is 0 Å². The van der Waals surface area contributed by atoms with E-state index < -0.39 is 12.1 Å². The molecular weight excluding hydrogens is 198 g/mol. The Balaban J connectivity index is 1.91. The molecule has 0 aliphatic carbocycles. The van der Waals surface area contributed by atoms with Crippen LogP contribution < -0.4 is 0 Å². The van der Waals surface area contributed by atoms with Crippen LogP contribution in [0.5, 0.6) is 0 Å². The molecule has 2 rings (SSSR count). The molecule has 2 saturated heterocycles. The Kier molecular flexibility index (Phi) is 3.23. The summed E-state index contributed by atoms with van der Waals surface area (Å²) >= 11 is 0. The maximum Gasteiger partial charge on any atom is 0.335 e. The Hall–Kier alpha value is -0.650. The van der Waals surface area contributed by atoms with Gasteiger partial charge < -0.3 is 14.6 Å². The van der Waals surface area contributed by atoms with Crippen molar-refractivity contribution < 1.29 is 19.4 Å². The molecule has 3 atom stereocenters. The first-order chi connectivity index (χ1) is 7.18. The lowest BCUT2D eigenvalue weighted by Crippen LogP contribution is -2.45. The first kappa shape index (κ1) is 10.9. The summed E-state index contributed by atoms with van der Waals surface area (Å²) in [7, 11) is 2.03. The summed E-state index contributed by atoms with van der Waals surface area (Å²) < 4.78 is 10.8. The zero-order valence-electron chi connectivity index (χ0n) is 8.89.